The van der Waals surface area contributed by atoms with Crippen LogP contribution in [0.2, 0.25) is 5.02 Å². The number of rotatable bonds is 5. The highest BCUT2D eigenvalue weighted by atomic mass is 127. The van der Waals surface area contributed by atoms with E-state index in [1.807, 2.05) is 30.9 Å². The highest BCUT2D eigenvalue weighted by Crippen LogP contribution is 2.27. The van der Waals surface area contributed by atoms with E-state index in [-0.39, 0.29) is 24.0 Å². The summed E-state index contributed by atoms with van der Waals surface area (Å²) < 4.78 is 2.18. The highest BCUT2D eigenvalue weighted by Gasteiger charge is 2.29. The molecule has 1 aliphatic heterocycles. The van der Waals surface area contributed by atoms with E-state index in [0.717, 1.165) is 37.6 Å². The fraction of sp³-hybridized carbons (Fsp3) is 0.500. The van der Waals surface area contributed by atoms with Crippen molar-refractivity contribution in [2.24, 2.45) is 10.9 Å². The number of halogens is 2. The summed E-state index contributed by atoms with van der Waals surface area (Å²) in [6, 6.07) is 7.62. The second-order valence-electron chi connectivity index (χ2n) is 7.05. The summed E-state index contributed by atoms with van der Waals surface area (Å²) in [5.74, 6) is 1.43. The number of hydrogen-bond donors (Lipinski definition) is 2. The van der Waals surface area contributed by atoms with E-state index in [9.17, 15) is 5.11 Å². The molecule has 1 aromatic carbocycles. The maximum Gasteiger partial charge on any atom is 0.194 e. The summed E-state index contributed by atoms with van der Waals surface area (Å²) in [6.45, 7) is 7.28. The maximum atomic E-state index is 10.5. The van der Waals surface area contributed by atoms with Gasteiger partial charge in [-0.25, -0.2) is 4.98 Å². The molecular formula is C20H29ClIN5O. The summed E-state index contributed by atoms with van der Waals surface area (Å²) >= 11 is 5.92. The lowest BCUT2D eigenvalue weighted by Crippen LogP contribution is -2.49. The molecule has 1 aromatic heterocycles. The average Bonchev–Trinajstić information content (AvgIpc) is 3.20. The largest absolute Gasteiger partial charge is 0.386 e. The normalized spacial score (nSPS) is 21.1. The molecule has 0 saturated carbocycles. The molecule has 1 saturated heterocycles. The molecule has 1 aliphatic rings. The SMILES string of the molecule is CCNC(=NCC(O)c1ccc(Cl)cc1)N1CCC(C)C(n2ccnc2)C1.I. The Bertz CT molecular complexity index is 738. The van der Waals surface area contributed by atoms with E-state index in [2.05, 4.69) is 33.6 Å². The predicted octanol–water partition coefficient (Wildman–Crippen LogP) is 3.74. The molecule has 2 heterocycles. The van der Waals surface area contributed by atoms with Crippen molar-refractivity contribution in [3.63, 3.8) is 0 Å². The van der Waals surface area contributed by atoms with Crippen LogP contribution in [-0.2, 0) is 0 Å². The van der Waals surface area contributed by atoms with Crippen molar-refractivity contribution in [1.29, 1.82) is 0 Å². The Morgan fingerprint density at radius 1 is 1.39 bits per heavy atom. The Morgan fingerprint density at radius 2 is 2.14 bits per heavy atom. The summed E-state index contributed by atoms with van der Waals surface area (Å²) in [5, 5.41) is 14.5. The molecular weight excluding hydrogens is 489 g/mol. The Kier molecular flexibility index (Phi) is 9.04. The van der Waals surface area contributed by atoms with Crippen molar-refractivity contribution in [2.45, 2.75) is 32.4 Å². The van der Waals surface area contributed by atoms with Gasteiger partial charge in [0.15, 0.2) is 5.96 Å². The first-order chi connectivity index (χ1) is 13.1. The van der Waals surface area contributed by atoms with E-state index in [1.54, 1.807) is 12.1 Å². The summed E-state index contributed by atoms with van der Waals surface area (Å²) in [7, 11) is 0. The Morgan fingerprint density at radius 3 is 2.79 bits per heavy atom. The molecule has 6 nitrogen and oxygen atoms in total. The molecule has 0 amide bonds. The molecule has 3 atom stereocenters. The third-order valence-corrected chi connectivity index (χ3v) is 5.38. The molecule has 1 fully saturated rings. The second-order valence-corrected chi connectivity index (χ2v) is 7.49. The number of aliphatic hydroxyl groups excluding tert-OH is 1. The van der Waals surface area contributed by atoms with Gasteiger partial charge in [-0.15, -0.1) is 24.0 Å². The zero-order valence-corrected chi connectivity index (χ0v) is 19.4. The highest BCUT2D eigenvalue weighted by molar-refractivity contribution is 14.0. The molecule has 0 aliphatic carbocycles. The van der Waals surface area contributed by atoms with Gasteiger partial charge in [-0.3, -0.25) is 4.99 Å². The van der Waals surface area contributed by atoms with Gasteiger partial charge < -0.3 is 19.9 Å². The monoisotopic (exact) mass is 517 g/mol. The third kappa shape index (κ3) is 5.84. The first kappa shape index (κ1) is 23.0. The first-order valence-electron chi connectivity index (χ1n) is 9.52. The number of likely N-dealkylation sites (tertiary alicyclic amines) is 1. The molecule has 3 rings (SSSR count). The number of hydrogen-bond acceptors (Lipinski definition) is 3. The summed E-state index contributed by atoms with van der Waals surface area (Å²) in [4.78, 5) is 11.2. The van der Waals surface area contributed by atoms with Crippen molar-refractivity contribution < 1.29 is 5.11 Å². The molecule has 2 aromatic rings. The number of nitrogens with one attached hydrogen (secondary N) is 1. The third-order valence-electron chi connectivity index (χ3n) is 5.13. The zero-order chi connectivity index (χ0) is 19.2. The van der Waals surface area contributed by atoms with Gasteiger partial charge in [-0.05, 0) is 37.0 Å². The van der Waals surface area contributed by atoms with Crippen LogP contribution in [0.3, 0.4) is 0 Å². The van der Waals surface area contributed by atoms with Gasteiger partial charge in [0.1, 0.15) is 0 Å². The molecule has 28 heavy (non-hydrogen) atoms. The Balaban J connectivity index is 0.00000280. The lowest BCUT2D eigenvalue weighted by Gasteiger charge is -2.39. The smallest absolute Gasteiger partial charge is 0.194 e. The van der Waals surface area contributed by atoms with E-state index in [4.69, 9.17) is 16.6 Å². The van der Waals surface area contributed by atoms with Gasteiger partial charge in [0, 0.05) is 37.1 Å². The molecule has 8 heteroatoms. The quantitative estimate of drug-likeness (QED) is 0.360. The topological polar surface area (TPSA) is 65.7 Å². The van der Waals surface area contributed by atoms with Crippen LogP contribution in [0.1, 0.15) is 38.0 Å². The van der Waals surface area contributed by atoms with Gasteiger partial charge in [0.05, 0.1) is 25.0 Å². The van der Waals surface area contributed by atoms with Gasteiger partial charge in [0.25, 0.3) is 0 Å². The molecule has 0 radical (unpaired) electrons. The molecule has 154 valence electrons. The van der Waals surface area contributed by atoms with E-state index in [1.165, 1.54) is 0 Å². The molecule has 3 unspecified atom stereocenters. The van der Waals surface area contributed by atoms with Crippen molar-refractivity contribution in [1.82, 2.24) is 19.8 Å². The molecule has 2 N–H and O–H groups in total. The van der Waals surface area contributed by atoms with E-state index in [0.29, 0.717) is 23.5 Å². The van der Waals surface area contributed by atoms with Gasteiger partial charge in [0.2, 0.25) is 0 Å². The van der Waals surface area contributed by atoms with Crippen LogP contribution in [0.15, 0.2) is 48.0 Å². The van der Waals surface area contributed by atoms with Gasteiger partial charge in [-0.1, -0.05) is 30.7 Å². The number of imidazole rings is 1. The standard InChI is InChI=1S/C20H28ClN5O.HI/c1-3-23-20(24-12-19(27)16-4-6-17(21)7-5-16)25-10-8-15(2)18(13-25)26-11-9-22-14-26;/h4-7,9,11,14-15,18-19,27H,3,8,10,12-13H2,1-2H3,(H,23,24);1H. The Hall–Kier alpha value is -1.32. The minimum atomic E-state index is -0.649. The second kappa shape index (κ2) is 11.0. The van der Waals surface area contributed by atoms with Crippen LogP contribution in [0.5, 0.6) is 0 Å². The predicted molar refractivity (Wildman–Crippen MR) is 124 cm³/mol. The fourth-order valence-corrected chi connectivity index (χ4v) is 3.61. The van der Waals surface area contributed by atoms with Crippen molar-refractivity contribution in [2.75, 3.05) is 26.2 Å². The minimum Gasteiger partial charge on any atom is -0.386 e. The van der Waals surface area contributed by atoms with Crippen LogP contribution in [0.4, 0.5) is 0 Å². The first-order valence-corrected chi connectivity index (χ1v) is 9.90. The van der Waals surface area contributed by atoms with Crippen molar-refractivity contribution in [3.8, 4) is 0 Å². The van der Waals surface area contributed by atoms with Gasteiger partial charge in [-0.2, -0.15) is 0 Å². The molecule has 0 spiro atoms. The fourth-order valence-electron chi connectivity index (χ4n) is 3.48. The summed E-state index contributed by atoms with van der Waals surface area (Å²) in [6.07, 6.45) is 6.18. The van der Waals surface area contributed by atoms with Crippen LogP contribution in [0, 0.1) is 5.92 Å². The number of aliphatic hydroxyl groups is 1. The number of nitrogens with zero attached hydrogens (tertiary/aromatic N) is 4. The van der Waals surface area contributed by atoms with Crippen molar-refractivity contribution in [3.05, 3.63) is 53.6 Å². The van der Waals surface area contributed by atoms with Crippen LogP contribution in [0.25, 0.3) is 0 Å². The zero-order valence-electron chi connectivity index (χ0n) is 16.3. The molecule has 0 bridgehead atoms. The summed E-state index contributed by atoms with van der Waals surface area (Å²) in [5.41, 5.74) is 0.822. The number of benzene rings is 1. The lowest BCUT2D eigenvalue weighted by atomic mass is 9.93. The van der Waals surface area contributed by atoms with E-state index >= 15 is 0 Å². The van der Waals surface area contributed by atoms with Crippen LogP contribution < -0.4 is 5.32 Å². The van der Waals surface area contributed by atoms with Crippen LogP contribution >= 0.6 is 35.6 Å². The van der Waals surface area contributed by atoms with Crippen LogP contribution in [-0.4, -0.2) is 51.7 Å². The number of piperidine rings is 1. The lowest BCUT2D eigenvalue weighted by molar-refractivity contribution is 0.179. The van der Waals surface area contributed by atoms with Crippen molar-refractivity contribution >= 4 is 41.5 Å². The number of guanidine groups is 1. The number of aliphatic imine (C=N–C) groups is 1. The maximum absolute atomic E-state index is 10.5. The average molecular weight is 518 g/mol. The Labute approximate surface area is 189 Å². The minimum absolute atomic E-state index is 0. The van der Waals surface area contributed by atoms with E-state index < -0.39 is 6.10 Å². The number of aromatic nitrogens is 2. The van der Waals surface area contributed by atoms with Gasteiger partial charge >= 0.3 is 0 Å².